The average molecular weight is 495 g/mol. The number of ether oxygens (including phenoxy) is 1. The van der Waals surface area contributed by atoms with E-state index in [1.165, 1.54) is 17.0 Å². The Hall–Kier alpha value is -3.69. The maximum Gasteiger partial charge on any atom is 0.322 e. The summed E-state index contributed by atoms with van der Waals surface area (Å²) in [7, 11) is 0. The van der Waals surface area contributed by atoms with E-state index in [0.717, 1.165) is 18.7 Å². The Morgan fingerprint density at radius 3 is 2.39 bits per heavy atom. The van der Waals surface area contributed by atoms with E-state index in [1.54, 1.807) is 29.4 Å². The molecule has 4 rings (SSSR count). The van der Waals surface area contributed by atoms with Crippen molar-refractivity contribution in [2.45, 2.75) is 13.1 Å². The Kier molecular flexibility index (Phi) is 9.07. The maximum atomic E-state index is 14.2. The van der Waals surface area contributed by atoms with Crippen molar-refractivity contribution in [2.75, 3.05) is 51.3 Å². The van der Waals surface area contributed by atoms with Gasteiger partial charge in [0.1, 0.15) is 18.1 Å². The minimum absolute atomic E-state index is 0.0723. The number of nitrogens with zero attached hydrogens (tertiary/aromatic N) is 3. The number of rotatable bonds is 10. The minimum atomic E-state index is -0.533. The Labute approximate surface area is 210 Å². The van der Waals surface area contributed by atoms with Crippen LogP contribution in [0.2, 0.25) is 0 Å². The number of furan rings is 1. The SMILES string of the molecule is O=C(CN(CCN1CCOCC1)C(=O)Nc1ccccc1F)N(Cc1ccccc1)Cc1ccco1. The molecule has 8 nitrogen and oxygen atoms in total. The van der Waals surface area contributed by atoms with Crippen LogP contribution in [0.1, 0.15) is 11.3 Å². The van der Waals surface area contributed by atoms with Crippen LogP contribution in [0.15, 0.2) is 77.4 Å². The van der Waals surface area contributed by atoms with Crippen molar-refractivity contribution in [3.05, 3.63) is 90.1 Å². The lowest BCUT2D eigenvalue weighted by Crippen LogP contribution is -2.48. The van der Waals surface area contributed by atoms with Gasteiger partial charge in [-0.2, -0.15) is 0 Å². The number of benzene rings is 2. The number of hydrogen-bond donors (Lipinski definition) is 1. The van der Waals surface area contributed by atoms with Gasteiger partial charge in [-0.3, -0.25) is 9.69 Å². The van der Waals surface area contributed by atoms with Crippen LogP contribution < -0.4 is 5.32 Å². The number of morpholine rings is 1. The first-order valence-corrected chi connectivity index (χ1v) is 12.0. The second-order valence-corrected chi connectivity index (χ2v) is 8.60. The third-order valence-corrected chi connectivity index (χ3v) is 6.01. The van der Waals surface area contributed by atoms with E-state index >= 15 is 0 Å². The molecule has 1 aromatic heterocycles. The molecule has 0 bridgehead atoms. The monoisotopic (exact) mass is 494 g/mol. The summed E-state index contributed by atoms with van der Waals surface area (Å²) in [5.41, 5.74) is 1.04. The molecule has 1 N–H and O–H groups in total. The second-order valence-electron chi connectivity index (χ2n) is 8.60. The Balaban J connectivity index is 1.49. The molecule has 3 amide bonds. The van der Waals surface area contributed by atoms with Crippen LogP contribution >= 0.6 is 0 Å². The van der Waals surface area contributed by atoms with Gasteiger partial charge in [0.25, 0.3) is 0 Å². The fourth-order valence-corrected chi connectivity index (χ4v) is 3.99. The molecule has 0 aliphatic carbocycles. The number of nitrogens with one attached hydrogen (secondary N) is 1. The van der Waals surface area contributed by atoms with Crippen molar-refractivity contribution < 1.29 is 23.1 Å². The summed E-state index contributed by atoms with van der Waals surface area (Å²) < 4.78 is 25.1. The molecule has 3 aromatic rings. The number of carbonyl (C=O) groups is 2. The zero-order valence-corrected chi connectivity index (χ0v) is 20.1. The smallest absolute Gasteiger partial charge is 0.322 e. The molecule has 1 fully saturated rings. The van der Waals surface area contributed by atoms with Crippen molar-refractivity contribution in [3.8, 4) is 0 Å². The highest BCUT2D eigenvalue weighted by molar-refractivity contribution is 5.92. The van der Waals surface area contributed by atoms with Gasteiger partial charge < -0.3 is 24.3 Å². The molecule has 9 heteroatoms. The van der Waals surface area contributed by atoms with Gasteiger partial charge in [0.15, 0.2) is 0 Å². The fourth-order valence-electron chi connectivity index (χ4n) is 3.99. The van der Waals surface area contributed by atoms with Crippen molar-refractivity contribution in [3.63, 3.8) is 0 Å². The molecule has 0 radical (unpaired) electrons. The Bertz CT molecular complexity index is 1100. The summed E-state index contributed by atoms with van der Waals surface area (Å²) >= 11 is 0. The van der Waals surface area contributed by atoms with Gasteiger partial charge in [-0.05, 0) is 29.8 Å². The third-order valence-electron chi connectivity index (χ3n) is 6.01. The molecule has 0 saturated carbocycles. The number of urea groups is 1. The van der Waals surface area contributed by atoms with Gasteiger partial charge in [-0.1, -0.05) is 42.5 Å². The molecule has 1 aliphatic heterocycles. The van der Waals surface area contributed by atoms with Gasteiger partial charge in [0.05, 0.1) is 31.7 Å². The quantitative estimate of drug-likeness (QED) is 0.464. The van der Waals surface area contributed by atoms with Gasteiger partial charge >= 0.3 is 6.03 Å². The largest absolute Gasteiger partial charge is 0.467 e. The van der Waals surface area contributed by atoms with Crippen molar-refractivity contribution >= 4 is 17.6 Å². The fraction of sp³-hybridized carbons (Fsp3) is 0.333. The van der Waals surface area contributed by atoms with Crippen molar-refractivity contribution in [1.82, 2.24) is 14.7 Å². The van der Waals surface area contributed by atoms with Crippen LogP contribution in [0.25, 0.3) is 0 Å². The minimum Gasteiger partial charge on any atom is -0.467 e. The average Bonchev–Trinajstić information content (AvgIpc) is 3.42. The molecule has 2 heterocycles. The topological polar surface area (TPSA) is 78.3 Å². The zero-order valence-electron chi connectivity index (χ0n) is 20.1. The number of hydrogen-bond acceptors (Lipinski definition) is 5. The van der Waals surface area contributed by atoms with Crippen LogP contribution in [0.4, 0.5) is 14.9 Å². The molecule has 0 atom stereocenters. The van der Waals surface area contributed by atoms with E-state index in [0.29, 0.717) is 38.6 Å². The first-order valence-electron chi connectivity index (χ1n) is 12.0. The van der Waals surface area contributed by atoms with E-state index in [-0.39, 0.29) is 24.7 Å². The van der Waals surface area contributed by atoms with E-state index in [1.807, 2.05) is 36.4 Å². The molecule has 0 unspecified atom stereocenters. The van der Waals surface area contributed by atoms with Crippen molar-refractivity contribution in [1.29, 1.82) is 0 Å². The molecule has 190 valence electrons. The molecule has 1 aliphatic rings. The van der Waals surface area contributed by atoms with Crippen LogP contribution in [-0.2, 0) is 22.6 Å². The van der Waals surface area contributed by atoms with Gasteiger partial charge in [0, 0.05) is 32.7 Å². The van der Waals surface area contributed by atoms with Crippen LogP contribution in [0.5, 0.6) is 0 Å². The summed E-state index contributed by atoms with van der Waals surface area (Å²) in [4.78, 5) is 32.0. The number of anilines is 1. The lowest BCUT2D eigenvalue weighted by atomic mass is 10.2. The highest BCUT2D eigenvalue weighted by Crippen LogP contribution is 2.15. The Morgan fingerprint density at radius 1 is 0.917 bits per heavy atom. The van der Waals surface area contributed by atoms with Gasteiger partial charge in [-0.15, -0.1) is 0 Å². The normalized spacial score (nSPS) is 13.8. The lowest BCUT2D eigenvalue weighted by molar-refractivity contribution is -0.133. The Morgan fingerprint density at radius 2 is 1.67 bits per heavy atom. The molecule has 2 aromatic carbocycles. The lowest BCUT2D eigenvalue weighted by Gasteiger charge is -2.31. The molecule has 1 saturated heterocycles. The summed E-state index contributed by atoms with van der Waals surface area (Å²) in [5, 5.41) is 2.62. The standard InChI is InChI=1S/C27H31FN4O4/c28-24-10-4-5-11-25(24)29-27(34)31(13-12-30-14-17-35-18-15-30)21-26(33)32(20-23-9-6-16-36-23)19-22-7-2-1-3-8-22/h1-11,16H,12-15,17-21H2,(H,29,34). The van der Waals surface area contributed by atoms with Crippen LogP contribution in [0.3, 0.4) is 0 Å². The summed E-state index contributed by atoms with van der Waals surface area (Å²) in [6.45, 7) is 4.16. The van der Waals surface area contributed by atoms with Crippen molar-refractivity contribution in [2.24, 2.45) is 0 Å². The summed E-state index contributed by atoms with van der Waals surface area (Å²) in [5.74, 6) is -0.121. The predicted octanol–water partition coefficient (Wildman–Crippen LogP) is 3.81. The van der Waals surface area contributed by atoms with E-state index in [4.69, 9.17) is 9.15 Å². The van der Waals surface area contributed by atoms with Gasteiger partial charge in [-0.25, -0.2) is 9.18 Å². The van der Waals surface area contributed by atoms with Crippen LogP contribution in [0, 0.1) is 5.82 Å². The predicted molar refractivity (Wildman–Crippen MR) is 134 cm³/mol. The number of amides is 3. The number of carbonyl (C=O) groups excluding carboxylic acids is 2. The summed E-state index contributed by atoms with van der Waals surface area (Å²) in [6, 6.07) is 18.7. The third kappa shape index (κ3) is 7.40. The molecule has 36 heavy (non-hydrogen) atoms. The highest BCUT2D eigenvalue weighted by Gasteiger charge is 2.24. The summed E-state index contributed by atoms with van der Waals surface area (Å²) in [6.07, 6.45) is 1.57. The maximum absolute atomic E-state index is 14.2. The first-order chi connectivity index (χ1) is 17.6. The molecular formula is C27H31FN4O4. The van der Waals surface area contributed by atoms with E-state index in [2.05, 4.69) is 10.2 Å². The zero-order chi connectivity index (χ0) is 25.2. The first kappa shape index (κ1) is 25.4. The molecule has 0 spiro atoms. The van der Waals surface area contributed by atoms with E-state index in [9.17, 15) is 14.0 Å². The number of halogens is 1. The van der Waals surface area contributed by atoms with Gasteiger partial charge in [0.2, 0.25) is 5.91 Å². The number of para-hydroxylation sites is 1. The molecular weight excluding hydrogens is 463 g/mol. The van der Waals surface area contributed by atoms with Crippen LogP contribution in [-0.4, -0.2) is 72.6 Å². The second kappa shape index (κ2) is 12.9. The highest BCUT2D eigenvalue weighted by atomic mass is 19.1. The van der Waals surface area contributed by atoms with E-state index < -0.39 is 11.8 Å².